The molecule has 0 aliphatic carbocycles. The number of carbonyl (C=O) groups is 3. The van der Waals surface area contributed by atoms with Crippen molar-refractivity contribution in [1.29, 1.82) is 0 Å². The zero-order valence-corrected chi connectivity index (χ0v) is 9.38. The molecule has 0 unspecified atom stereocenters. The van der Waals surface area contributed by atoms with Gasteiger partial charge in [-0.05, 0) is 6.92 Å². The number of rotatable bonds is 3. The van der Waals surface area contributed by atoms with E-state index in [2.05, 4.69) is 23.7 Å². The highest BCUT2D eigenvalue weighted by molar-refractivity contribution is 5.79. The molecule has 0 bridgehead atoms. The first-order valence-corrected chi connectivity index (χ1v) is 4.19. The second-order valence-corrected chi connectivity index (χ2v) is 1.95. The predicted octanol–water partition coefficient (Wildman–Crippen LogP) is 0.120. The Morgan fingerprint density at radius 3 is 1.59 bits per heavy atom. The van der Waals surface area contributed by atoms with Crippen LogP contribution in [-0.2, 0) is 14.3 Å². The normalized spacial score (nSPS) is 6.94. The summed E-state index contributed by atoms with van der Waals surface area (Å²) in [5.41, 5.74) is 1.80. The molecule has 0 rings (SSSR count). The zero-order valence-electron chi connectivity index (χ0n) is 9.38. The van der Waals surface area contributed by atoms with E-state index in [4.69, 9.17) is 10.2 Å². The number of nitrogens with one attached hydrogen (secondary N) is 1. The molecule has 17 heavy (non-hydrogen) atoms. The van der Waals surface area contributed by atoms with Crippen molar-refractivity contribution < 1.29 is 29.3 Å². The van der Waals surface area contributed by atoms with E-state index in [9.17, 15) is 14.4 Å². The fourth-order valence-electron chi connectivity index (χ4n) is 0.173. The van der Waals surface area contributed by atoms with Gasteiger partial charge in [-0.1, -0.05) is 13.2 Å². The number of amides is 1. The molecule has 5 N–H and O–H groups in total. The van der Waals surface area contributed by atoms with Gasteiger partial charge >= 0.3 is 18.0 Å². The minimum atomic E-state index is -0.981. The molecule has 0 aliphatic rings. The van der Waals surface area contributed by atoms with Crippen LogP contribution in [0.3, 0.4) is 0 Å². The van der Waals surface area contributed by atoms with Gasteiger partial charge in [-0.15, -0.1) is 0 Å². The maximum absolute atomic E-state index is 9.95. The van der Waals surface area contributed by atoms with E-state index in [1.807, 2.05) is 0 Å². The van der Waals surface area contributed by atoms with Gasteiger partial charge in [0, 0.05) is 12.2 Å². The molecule has 0 spiro atoms. The van der Waals surface area contributed by atoms with Crippen LogP contribution in [0.4, 0.5) is 4.79 Å². The average Bonchev–Trinajstić information content (AvgIpc) is 2.30. The molecule has 0 radical (unpaired) electrons. The number of hydrogen-bond acceptors (Lipinski definition) is 5. The Labute approximate surface area is 98.3 Å². The number of carboxylic acid groups (broad SMARTS) is 2. The molecule has 1 amide bonds. The van der Waals surface area contributed by atoms with Crippen molar-refractivity contribution in [3.63, 3.8) is 0 Å². The van der Waals surface area contributed by atoms with Crippen molar-refractivity contribution >= 4 is 18.0 Å². The smallest absolute Gasteiger partial charge is 0.421 e. The highest BCUT2D eigenvalue weighted by atomic mass is 16.5. The summed E-state index contributed by atoms with van der Waals surface area (Å²) in [5.74, 6) is 2.67. The second kappa shape index (κ2) is 16.1. The molecule has 0 aromatic carbocycles. The van der Waals surface area contributed by atoms with E-state index >= 15 is 0 Å². The molecular formula is C9H16N2O6. The summed E-state index contributed by atoms with van der Waals surface area (Å²) in [4.78, 5) is 28.5. The summed E-state index contributed by atoms with van der Waals surface area (Å²) >= 11 is 0. The Morgan fingerprint density at radius 2 is 1.53 bits per heavy atom. The Kier molecular flexibility index (Phi) is 19.0. The van der Waals surface area contributed by atoms with E-state index in [1.54, 1.807) is 12.3 Å². The van der Waals surface area contributed by atoms with Crippen LogP contribution in [0.1, 0.15) is 6.92 Å². The van der Waals surface area contributed by atoms with E-state index < -0.39 is 18.0 Å². The Hall–Kier alpha value is -2.35. The number of hydrogen-bond donors (Lipinski definition) is 4. The Balaban J connectivity index is -0.000000177. The van der Waals surface area contributed by atoms with Crippen LogP contribution < -0.4 is 11.3 Å². The minimum absolute atomic E-state index is 0.350. The van der Waals surface area contributed by atoms with Gasteiger partial charge in [0.25, 0.3) is 0 Å². The summed E-state index contributed by atoms with van der Waals surface area (Å²) in [6.07, 6.45) is 1.07. The predicted molar refractivity (Wildman–Crippen MR) is 60.0 cm³/mol. The number of aliphatic carboxylic acids is 2. The summed E-state index contributed by atoms with van der Waals surface area (Å²) in [6, 6.07) is 0. The molecule has 0 aliphatic heterocycles. The molecule has 0 atom stereocenters. The zero-order chi connectivity index (χ0) is 14.3. The number of carboxylic acids is 2. The lowest BCUT2D eigenvalue weighted by Gasteiger charge is -1.95. The van der Waals surface area contributed by atoms with Crippen LogP contribution >= 0.6 is 0 Å². The highest BCUT2D eigenvalue weighted by Gasteiger charge is 1.90. The molecule has 98 valence electrons. The quantitative estimate of drug-likeness (QED) is 0.241. The lowest BCUT2D eigenvalue weighted by atomic mass is 10.7. The number of carbonyl (C=O) groups excluding carboxylic acids is 1. The molecule has 0 saturated carbocycles. The number of hydrazine groups is 1. The van der Waals surface area contributed by atoms with E-state index in [0.29, 0.717) is 6.61 Å². The van der Waals surface area contributed by atoms with Crippen molar-refractivity contribution in [3.05, 3.63) is 25.3 Å². The second-order valence-electron chi connectivity index (χ2n) is 1.95. The first-order chi connectivity index (χ1) is 7.85. The maximum atomic E-state index is 9.95. The van der Waals surface area contributed by atoms with Gasteiger partial charge in [-0.25, -0.2) is 20.2 Å². The third-order valence-electron chi connectivity index (χ3n) is 0.743. The topological polar surface area (TPSA) is 139 Å². The van der Waals surface area contributed by atoms with Crippen molar-refractivity contribution in [2.24, 2.45) is 5.84 Å². The third-order valence-corrected chi connectivity index (χ3v) is 0.743. The largest absolute Gasteiger partial charge is 0.478 e. The lowest BCUT2D eigenvalue weighted by molar-refractivity contribution is -0.132. The van der Waals surface area contributed by atoms with Crippen molar-refractivity contribution in [3.8, 4) is 0 Å². The van der Waals surface area contributed by atoms with Crippen LogP contribution in [0, 0.1) is 0 Å². The molecule has 0 heterocycles. The monoisotopic (exact) mass is 248 g/mol. The van der Waals surface area contributed by atoms with Crippen LogP contribution in [0.2, 0.25) is 0 Å². The van der Waals surface area contributed by atoms with Crippen LogP contribution in [0.5, 0.6) is 0 Å². The number of nitrogens with two attached hydrogens (primary N) is 1. The molecule has 0 aromatic rings. The Bertz CT molecular complexity index is 246. The number of ether oxygens (including phenoxy) is 1. The SMILES string of the molecule is C=CC(=O)O.C=CC(=O)O.CCOC(=O)NN. The van der Waals surface area contributed by atoms with E-state index in [1.165, 1.54) is 0 Å². The first kappa shape index (κ1) is 20.1. The van der Waals surface area contributed by atoms with E-state index in [0.717, 1.165) is 12.2 Å². The third kappa shape index (κ3) is 41.9. The maximum Gasteiger partial charge on any atom is 0.421 e. The summed E-state index contributed by atoms with van der Waals surface area (Å²) in [7, 11) is 0. The molecule has 8 nitrogen and oxygen atoms in total. The summed E-state index contributed by atoms with van der Waals surface area (Å²) in [5, 5.41) is 15.2. The minimum Gasteiger partial charge on any atom is -0.478 e. The van der Waals surface area contributed by atoms with Gasteiger partial charge in [0.15, 0.2) is 0 Å². The average molecular weight is 248 g/mol. The summed E-state index contributed by atoms with van der Waals surface area (Å²) in [6.45, 7) is 7.98. The first-order valence-electron chi connectivity index (χ1n) is 4.19. The van der Waals surface area contributed by atoms with Gasteiger partial charge in [0.05, 0.1) is 6.61 Å². The van der Waals surface area contributed by atoms with Gasteiger partial charge in [-0.2, -0.15) is 0 Å². The molecule has 0 saturated heterocycles. The van der Waals surface area contributed by atoms with Crippen LogP contribution in [-0.4, -0.2) is 34.9 Å². The molecular weight excluding hydrogens is 232 g/mol. The van der Waals surface area contributed by atoms with Gasteiger partial charge < -0.3 is 14.9 Å². The Morgan fingerprint density at radius 1 is 1.24 bits per heavy atom. The fourth-order valence-corrected chi connectivity index (χ4v) is 0.173. The van der Waals surface area contributed by atoms with Crippen molar-refractivity contribution in [1.82, 2.24) is 5.43 Å². The van der Waals surface area contributed by atoms with Crippen LogP contribution in [0.15, 0.2) is 25.3 Å². The molecule has 0 fully saturated rings. The van der Waals surface area contributed by atoms with Gasteiger partial charge in [0.2, 0.25) is 0 Å². The van der Waals surface area contributed by atoms with Crippen molar-refractivity contribution in [2.45, 2.75) is 6.92 Å². The molecule has 8 heteroatoms. The van der Waals surface area contributed by atoms with Gasteiger partial charge in [0.1, 0.15) is 0 Å². The van der Waals surface area contributed by atoms with Crippen molar-refractivity contribution in [2.75, 3.05) is 6.61 Å². The van der Waals surface area contributed by atoms with E-state index in [-0.39, 0.29) is 0 Å². The molecule has 0 aromatic heterocycles. The van der Waals surface area contributed by atoms with Gasteiger partial charge in [-0.3, -0.25) is 5.43 Å². The summed E-state index contributed by atoms with van der Waals surface area (Å²) < 4.78 is 4.32. The highest BCUT2D eigenvalue weighted by Crippen LogP contribution is 1.69. The van der Waals surface area contributed by atoms with Crippen LogP contribution in [0.25, 0.3) is 0 Å². The standard InChI is InChI=1S/C3H8N2O2.2C3H4O2/c1-2-7-3(6)5-4;2*1-2-3(4)5/h2,4H2,1H3,(H,5,6);2*2H,1H2,(H,4,5). The lowest BCUT2D eigenvalue weighted by Crippen LogP contribution is -2.30. The fraction of sp³-hybridized carbons (Fsp3) is 0.222.